The molecule has 0 fully saturated rings. The third-order valence-corrected chi connectivity index (χ3v) is 3.64. The minimum Gasteiger partial charge on any atom is -0.325 e. The van der Waals surface area contributed by atoms with Crippen LogP contribution in [0, 0.1) is 27.7 Å². The van der Waals surface area contributed by atoms with Crippen LogP contribution in [0.1, 0.15) is 28.7 Å². The predicted molar refractivity (Wildman–Crippen MR) is 93.7 cm³/mol. The second-order valence-corrected chi connectivity index (χ2v) is 5.91. The van der Waals surface area contributed by atoms with E-state index in [1.807, 2.05) is 64.1 Å². The molecule has 2 amide bonds. The predicted octanol–water partition coefficient (Wildman–Crippen LogP) is 3.89. The summed E-state index contributed by atoms with van der Waals surface area (Å²) in [6.07, 6.45) is -0.208. The lowest BCUT2D eigenvalue weighted by molar-refractivity contribution is -0.123. The van der Waals surface area contributed by atoms with E-state index in [0.29, 0.717) is 0 Å². The fraction of sp³-hybridized carbons (Fsp3) is 0.263. The first-order valence-corrected chi connectivity index (χ1v) is 7.59. The van der Waals surface area contributed by atoms with Crippen LogP contribution in [0.4, 0.5) is 11.4 Å². The topological polar surface area (TPSA) is 58.2 Å². The van der Waals surface area contributed by atoms with E-state index in [1.54, 1.807) is 0 Å². The Balaban J connectivity index is 1.97. The van der Waals surface area contributed by atoms with E-state index >= 15 is 0 Å². The highest BCUT2D eigenvalue weighted by Gasteiger charge is 2.12. The zero-order chi connectivity index (χ0) is 17.0. The molecule has 4 heteroatoms. The molecule has 0 bridgehead atoms. The molecule has 0 heterocycles. The average Bonchev–Trinajstić information content (AvgIpc) is 2.46. The lowest BCUT2D eigenvalue weighted by atomic mass is 10.1. The molecule has 120 valence electrons. The summed E-state index contributed by atoms with van der Waals surface area (Å²) in [5.41, 5.74) is 5.63. The molecule has 0 radical (unpaired) electrons. The molecule has 0 atom stereocenters. The summed E-state index contributed by atoms with van der Waals surface area (Å²) in [6, 6.07) is 11.6. The molecule has 0 saturated heterocycles. The number of carbonyl (C=O) groups excluding carboxylic acids is 2. The van der Waals surface area contributed by atoms with Gasteiger partial charge < -0.3 is 10.6 Å². The van der Waals surface area contributed by atoms with Gasteiger partial charge in [0, 0.05) is 11.4 Å². The molecule has 0 aromatic heterocycles. The Morgan fingerprint density at radius 3 is 1.96 bits per heavy atom. The number of benzene rings is 2. The van der Waals surface area contributed by atoms with Crippen LogP contribution in [0.3, 0.4) is 0 Å². The summed E-state index contributed by atoms with van der Waals surface area (Å²) in [7, 11) is 0. The number of anilines is 2. The normalized spacial score (nSPS) is 10.3. The molecule has 0 saturated carbocycles. The minimum absolute atomic E-state index is 0.208. The smallest absolute Gasteiger partial charge is 0.233 e. The molecule has 4 nitrogen and oxygen atoms in total. The Morgan fingerprint density at radius 1 is 0.739 bits per heavy atom. The number of carbonyl (C=O) groups is 2. The van der Waals surface area contributed by atoms with Gasteiger partial charge in [-0.3, -0.25) is 9.59 Å². The Labute approximate surface area is 136 Å². The van der Waals surface area contributed by atoms with Crippen molar-refractivity contribution in [2.75, 3.05) is 10.6 Å². The number of rotatable bonds is 4. The molecule has 0 aliphatic heterocycles. The molecule has 0 spiro atoms. The number of aryl methyl sites for hydroxylation is 4. The maximum absolute atomic E-state index is 12.0. The zero-order valence-corrected chi connectivity index (χ0v) is 14.0. The SMILES string of the molecule is Cc1ccc(NC(=O)CC(=O)Nc2cc(C)ccc2C)c(C)c1. The van der Waals surface area contributed by atoms with E-state index in [2.05, 4.69) is 10.6 Å². The monoisotopic (exact) mass is 310 g/mol. The van der Waals surface area contributed by atoms with E-state index in [1.165, 1.54) is 0 Å². The van der Waals surface area contributed by atoms with E-state index < -0.39 is 0 Å². The molecule has 2 aromatic rings. The lowest BCUT2D eigenvalue weighted by Gasteiger charge is -2.11. The van der Waals surface area contributed by atoms with Crippen molar-refractivity contribution in [1.82, 2.24) is 0 Å². The molecular weight excluding hydrogens is 288 g/mol. The molecule has 0 unspecified atom stereocenters. The first-order valence-electron chi connectivity index (χ1n) is 7.59. The first-order chi connectivity index (χ1) is 10.8. The summed E-state index contributed by atoms with van der Waals surface area (Å²) in [5, 5.41) is 5.57. The van der Waals surface area contributed by atoms with Crippen LogP contribution in [-0.4, -0.2) is 11.8 Å². The van der Waals surface area contributed by atoms with E-state index in [0.717, 1.165) is 33.6 Å². The van der Waals surface area contributed by atoms with Crippen LogP contribution < -0.4 is 10.6 Å². The van der Waals surface area contributed by atoms with Gasteiger partial charge >= 0.3 is 0 Å². The van der Waals surface area contributed by atoms with Gasteiger partial charge in [0.15, 0.2) is 0 Å². The Bertz CT molecular complexity index is 751. The van der Waals surface area contributed by atoms with Crippen LogP contribution in [0.15, 0.2) is 36.4 Å². The summed E-state index contributed by atoms with van der Waals surface area (Å²) >= 11 is 0. The zero-order valence-electron chi connectivity index (χ0n) is 14.0. The fourth-order valence-electron chi connectivity index (χ4n) is 2.36. The van der Waals surface area contributed by atoms with Gasteiger partial charge in [0.05, 0.1) is 0 Å². The van der Waals surface area contributed by atoms with Crippen LogP contribution in [-0.2, 0) is 9.59 Å². The molecule has 2 N–H and O–H groups in total. The molecular formula is C19H22N2O2. The van der Waals surface area contributed by atoms with Gasteiger partial charge in [-0.15, -0.1) is 0 Å². The third kappa shape index (κ3) is 4.68. The van der Waals surface area contributed by atoms with Gasteiger partial charge in [0.25, 0.3) is 0 Å². The highest BCUT2D eigenvalue weighted by molar-refractivity contribution is 6.08. The van der Waals surface area contributed by atoms with Crippen molar-refractivity contribution in [2.24, 2.45) is 0 Å². The average molecular weight is 310 g/mol. The summed E-state index contributed by atoms with van der Waals surface area (Å²) in [4.78, 5) is 24.1. The minimum atomic E-state index is -0.320. The first kappa shape index (κ1) is 16.7. The van der Waals surface area contributed by atoms with Crippen molar-refractivity contribution in [1.29, 1.82) is 0 Å². The number of hydrogen-bond donors (Lipinski definition) is 2. The number of hydrogen-bond acceptors (Lipinski definition) is 2. The quantitative estimate of drug-likeness (QED) is 0.842. The van der Waals surface area contributed by atoms with Crippen LogP contribution in [0.25, 0.3) is 0 Å². The maximum atomic E-state index is 12.0. The van der Waals surface area contributed by atoms with Gasteiger partial charge in [-0.2, -0.15) is 0 Å². The van der Waals surface area contributed by atoms with Crippen molar-refractivity contribution in [3.8, 4) is 0 Å². The highest BCUT2D eigenvalue weighted by Crippen LogP contribution is 2.18. The third-order valence-electron chi connectivity index (χ3n) is 3.64. The number of amides is 2. The second kappa shape index (κ2) is 7.09. The van der Waals surface area contributed by atoms with Crippen LogP contribution in [0.5, 0.6) is 0 Å². The van der Waals surface area contributed by atoms with Crippen molar-refractivity contribution >= 4 is 23.2 Å². The Morgan fingerprint density at radius 2 is 1.30 bits per heavy atom. The number of nitrogens with one attached hydrogen (secondary N) is 2. The van der Waals surface area contributed by atoms with Gasteiger partial charge in [0.1, 0.15) is 6.42 Å². The van der Waals surface area contributed by atoms with Gasteiger partial charge in [0.2, 0.25) is 11.8 Å². The van der Waals surface area contributed by atoms with Crippen molar-refractivity contribution < 1.29 is 9.59 Å². The summed E-state index contributed by atoms with van der Waals surface area (Å²) in [5.74, 6) is -0.638. The second-order valence-electron chi connectivity index (χ2n) is 5.91. The van der Waals surface area contributed by atoms with Crippen molar-refractivity contribution in [3.05, 3.63) is 58.7 Å². The Hall–Kier alpha value is -2.62. The van der Waals surface area contributed by atoms with Crippen molar-refractivity contribution in [2.45, 2.75) is 34.1 Å². The highest BCUT2D eigenvalue weighted by atomic mass is 16.2. The molecule has 2 rings (SSSR count). The van der Waals surface area contributed by atoms with E-state index in [4.69, 9.17) is 0 Å². The van der Waals surface area contributed by atoms with Gasteiger partial charge in [-0.1, -0.05) is 29.8 Å². The fourth-order valence-corrected chi connectivity index (χ4v) is 2.36. The standard InChI is InChI=1S/C19H22N2O2/c1-12-6-8-16(15(4)9-12)20-18(22)11-19(23)21-17-10-13(2)5-7-14(17)3/h5-10H,11H2,1-4H3,(H,20,22)(H,21,23). The molecule has 0 aliphatic rings. The lowest BCUT2D eigenvalue weighted by Crippen LogP contribution is -2.22. The summed E-state index contributed by atoms with van der Waals surface area (Å²) in [6.45, 7) is 7.81. The van der Waals surface area contributed by atoms with Gasteiger partial charge in [-0.05, 0) is 56.5 Å². The Kier molecular flexibility index (Phi) is 5.16. The van der Waals surface area contributed by atoms with Crippen molar-refractivity contribution in [3.63, 3.8) is 0 Å². The molecule has 0 aliphatic carbocycles. The molecule has 23 heavy (non-hydrogen) atoms. The maximum Gasteiger partial charge on any atom is 0.233 e. The van der Waals surface area contributed by atoms with E-state index in [9.17, 15) is 9.59 Å². The largest absolute Gasteiger partial charge is 0.325 e. The van der Waals surface area contributed by atoms with Crippen LogP contribution >= 0.6 is 0 Å². The van der Waals surface area contributed by atoms with Crippen LogP contribution in [0.2, 0.25) is 0 Å². The van der Waals surface area contributed by atoms with E-state index in [-0.39, 0.29) is 18.2 Å². The van der Waals surface area contributed by atoms with Gasteiger partial charge in [-0.25, -0.2) is 0 Å². The molecule has 2 aromatic carbocycles. The summed E-state index contributed by atoms with van der Waals surface area (Å²) < 4.78 is 0.